The first-order chi connectivity index (χ1) is 21.4. The zero-order valence-electron chi connectivity index (χ0n) is 26.5. The van der Waals surface area contributed by atoms with Crippen LogP contribution in [0.25, 0.3) is 54.2 Å². The molecule has 0 nitrogen and oxygen atoms in total. The molecule has 224 valence electrons. The second-order valence-corrected chi connectivity index (χ2v) is 21.3. The van der Waals surface area contributed by atoms with Crippen LogP contribution in [0.5, 0.6) is 0 Å². The average molecular weight is 729 g/mol. The van der Waals surface area contributed by atoms with Gasteiger partial charge < -0.3 is 24.8 Å². The number of hydrogen-bond donors (Lipinski definition) is 0. The number of benzene rings is 6. The van der Waals surface area contributed by atoms with E-state index in [-0.39, 0.29) is 24.8 Å². The molecule has 0 radical (unpaired) electrons. The molecule has 4 heteroatoms. The molecular weight excluding hydrogens is 695 g/mol. The van der Waals surface area contributed by atoms with Crippen LogP contribution in [0, 0.1) is 0 Å². The zero-order chi connectivity index (χ0) is 29.7. The first-order valence-corrected chi connectivity index (χ1v) is 21.7. The SMILES string of the molecule is CC1=C2c3c(-c4ccc5ccccc5c4)cccc3[CH]1[Zr+2][CH]1C(C)=C(c3c(-c4ccc5ccccc5c4)cccc31)[Si]2(C)C.[Cl-].[Cl-]. The number of allylic oxidation sites excluding steroid dienone is 2. The summed E-state index contributed by atoms with van der Waals surface area (Å²) in [6, 6.07) is 46.2. The fraction of sp³-hybridized carbons (Fsp3) is 0.143. The molecule has 0 amide bonds. The third-order valence-corrected chi connectivity index (χ3v) is 19.8. The van der Waals surface area contributed by atoms with Crippen LogP contribution in [0.1, 0.15) is 43.4 Å². The van der Waals surface area contributed by atoms with E-state index in [1.165, 1.54) is 43.8 Å². The molecule has 9 rings (SSSR count). The van der Waals surface area contributed by atoms with Crippen molar-refractivity contribution in [1.82, 2.24) is 0 Å². The van der Waals surface area contributed by atoms with Crippen LogP contribution < -0.4 is 24.8 Å². The second kappa shape index (κ2) is 11.6. The number of rotatable bonds is 2. The molecule has 6 aromatic rings. The smallest absolute Gasteiger partial charge is 1.00 e. The summed E-state index contributed by atoms with van der Waals surface area (Å²) in [5, 5.41) is 8.70. The van der Waals surface area contributed by atoms with Gasteiger partial charge in [0.15, 0.2) is 0 Å². The van der Waals surface area contributed by atoms with Crippen LogP contribution in [-0.2, 0) is 23.2 Å². The molecule has 1 aliphatic heterocycles. The van der Waals surface area contributed by atoms with E-state index in [1.807, 2.05) is 0 Å². The van der Waals surface area contributed by atoms with E-state index < -0.39 is 31.3 Å². The van der Waals surface area contributed by atoms with Crippen molar-refractivity contribution in [2.45, 2.75) is 34.2 Å². The van der Waals surface area contributed by atoms with Gasteiger partial charge in [0.25, 0.3) is 0 Å². The molecule has 0 saturated carbocycles. The van der Waals surface area contributed by atoms with Gasteiger partial charge >= 0.3 is 274 Å². The third-order valence-electron chi connectivity index (χ3n) is 10.7. The van der Waals surface area contributed by atoms with Crippen LogP contribution in [0.3, 0.4) is 0 Å². The van der Waals surface area contributed by atoms with Gasteiger partial charge in [-0.3, -0.25) is 0 Å². The standard InChI is InChI=1S/C42H34Si.2ClH.Zr/c1-27-23-35-15-9-17-37(33-21-19-29-11-5-7-13-31(29)25-33)39(35)41(27)43(3,4)42-28(2)24-36-16-10-18-38(40(36)42)34-22-20-30-12-6-8-14-32(30)26-34;;;/h5-26H,1-4H3;2*1H;/q;;;+2/p-2. The third kappa shape index (κ3) is 4.48. The van der Waals surface area contributed by atoms with Gasteiger partial charge in [-0.15, -0.1) is 0 Å². The minimum atomic E-state index is -2.13. The summed E-state index contributed by atoms with van der Waals surface area (Å²) in [4.78, 5) is 0. The first-order valence-electron chi connectivity index (χ1n) is 15.9. The Morgan fingerprint density at radius 2 is 0.891 bits per heavy atom. The average Bonchev–Trinajstić information content (AvgIpc) is 3.52. The monoisotopic (exact) mass is 726 g/mol. The molecule has 0 saturated heterocycles. The van der Waals surface area contributed by atoms with E-state index in [1.54, 1.807) is 43.8 Å². The van der Waals surface area contributed by atoms with Crippen molar-refractivity contribution in [2.24, 2.45) is 0 Å². The van der Waals surface area contributed by atoms with Crippen molar-refractivity contribution in [2.75, 3.05) is 0 Å². The van der Waals surface area contributed by atoms with Gasteiger partial charge in [0.2, 0.25) is 0 Å². The Bertz CT molecular complexity index is 2120. The van der Waals surface area contributed by atoms with E-state index in [0.717, 1.165) is 0 Å². The van der Waals surface area contributed by atoms with Crippen molar-refractivity contribution >= 4 is 40.0 Å². The molecule has 6 aromatic carbocycles. The molecule has 0 N–H and O–H groups in total. The van der Waals surface area contributed by atoms with Gasteiger partial charge in [-0.2, -0.15) is 0 Å². The van der Waals surface area contributed by atoms with Gasteiger partial charge in [0.1, 0.15) is 0 Å². The fourth-order valence-corrected chi connectivity index (χ4v) is 18.7. The van der Waals surface area contributed by atoms with Crippen molar-refractivity contribution in [3.05, 3.63) is 155 Å². The molecule has 2 atom stereocenters. The molecule has 2 aliphatic carbocycles. The summed E-state index contributed by atoms with van der Waals surface area (Å²) in [5.41, 5.74) is 15.4. The Hall–Kier alpha value is -3.00. The predicted molar refractivity (Wildman–Crippen MR) is 187 cm³/mol. The van der Waals surface area contributed by atoms with Gasteiger partial charge in [0, 0.05) is 0 Å². The molecule has 4 bridgehead atoms. The molecule has 3 aliphatic rings. The number of fused-ring (bicyclic) bond motifs is 10. The Kier molecular flexibility index (Phi) is 7.97. The maximum absolute atomic E-state index is 2.66. The van der Waals surface area contributed by atoms with Crippen molar-refractivity contribution in [3.8, 4) is 22.3 Å². The van der Waals surface area contributed by atoms with Gasteiger partial charge in [-0.05, 0) is 0 Å². The fourth-order valence-electron chi connectivity index (χ4n) is 8.86. The van der Waals surface area contributed by atoms with E-state index >= 15 is 0 Å². The summed E-state index contributed by atoms with van der Waals surface area (Å²) < 4.78 is 1.26. The van der Waals surface area contributed by atoms with Crippen molar-refractivity contribution in [3.63, 3.8) is 0 Å². The molecule has 0 spiro atoms. The van der Waals surface area contributed by atoms with Crippen LogP contribution in [0.4, 0.5) is 0 Å². The molecule has 0 fully saturated rings. The van der Waals surface area contributed by atoms with Gasteiger partial charge in [0.05, 0.1) is 0 Å². The zero-order valence-corrected chi connectivity index (χ0v) is 31.4. The maximum atomic E-state index is 2.66. The summed E-state index contributed by atoms with van der Waals surface area (Å²) in [7, 11) is -2.13. The van der Waals surface area contributed by atoms with Crippen molar-refractivity contribution < 1.29 is 48.0 Å². The van der Waals surface area contributed by atoms with E-state index in [4.69, 9.17) is 0 Å². The number of hydrogen-bond acceptors (Lipinski definition) is 0. The first kappa shape index (κ1) is 31.6. The topological polar surface area (TPSA) is 0 Å². The molecular formula is C42H34Cl2SiZr. The summed E-state index contributed by atoms with van der Waals surface area (Å²) in [5.74, 6) is 0. The maximum Gasteiger partial charge on any atom is -1.00 e. The summed E-state index contributed by atoms with van der Waals surface area (Å²) >= 11 is -0.931. The Morgan fingerprint density at radius 3 is 1.33 bits per heavy atom. The minimum absolute atomic E-state index is 0. The quantitative estimate of drug-likeness (QED) is 0.205. The molecule has 0 aromatic heterocycles. The molecule has 2 unspecified atom stereocenters. The predicted octanol–water partition coefficient (Wildman–Crippen LogP) is 5.57. The van der Waals surface area contributed by atoms with Gasteiger partial charge in [-0.1, -0.05) is 0 Å². The Balaban J connectivity index is 0.00000169. The molecule has 46 heavy (non-hydrogen) atoms. The van der Waals surface area contributed by atoms with E-state index in [2.05, 4.69) is 148 Å². The molecule has 1 heterocycles. The second-order valence-electron chi connectivity index (χ2n) is 13.4. The Morgan fingerprint density at radius 1 is 0.478 bits per heavy atom. The van der Waals surface area contributed by atoms with Gasteiger partial charge in [-0.25, -0.2) is 0 Å². The minimum Gasteiger partial charge on any atom is -1.00 e. The Labute approximate surface area is 297 Å². The summed E-state index contributed by atoms with van der Waals surface area (Å²) in [6.07, 6.45) is 0. The van der Waals surface area contributed by atoms with Crippen LogP contribution in [0.15, 0.2) is 132 Å². The van der Waals surface area contributed by atoms with Crippen LogP contribution >= 0.6 is 0 Å². The van der Waals surface area contributed by atoms with Crippen LogP contribution in [-0.4, -0.2) is 8.07 Å². The van der Waals surface area contributed by atoms with E-state index in [0.29, 0.717) is 7.25 Å². The largest absolute Gasteiger partial charge is 1.00 e. The van der Waals surface area contributed by atoms with E-state index in [9.17, 15) is 0 Å². The van der Waals surface area contributed by atoms with Crippen LogP contribution in [0.2, 0.25) is 13.1 Å². The normalized spacial score (nSPS) is 18.5. The summed E-state index contributed by atoms with van der Waals surface area (Å²) in [6.45, 7) is 10.3. The number of halogens is 2. The van der Waals surface area contributed by atoms with Crippen molar-refractivity contribution in [1.29, 1.82) is 0 Å².